The summed E-state index contributed by atoms with van der Waals surface area (Å²) in [6.45, 7) is 10.8. The lowest BCUT2D eigenvalue weighted by molar-refractivity contribution is 0.240. The molecule has 0 aromatic rings. The Morgan fingerprint density at radius 3 is 1.80 bits per heavy atom. The van der Waals surface area contributed by atoms with Crippen LogP contribution in [0.25, 0.3) is 0 Å². The van der Waals surface area contributed by atoms with Gasteiger partial charge < -0.3 is 8.85 Å². The van der Waals surface area contributed by atoms with Gasteiger partial charge in [0.15, 0.2) is 0 Å². The molecule has 0 radical (unpaired) electrons. The molecule has 2 nitrogen and oxygen atoms in total. The summed E-state index contributed by atoms with van der Waals surface area (Å²) in [5.74, 6) is 0. The quantitative estimate of drug-likeness (QED) is 0.352. The first kappa shape index (κ1) is 12.5. The first-order valence-corrected chi connectivity index (χ1v) is 4.71. The van der Waals surface area contributed by atoms with Crippen molar-refractivity contribution in [1.82, 2.24) is 0 Å². The van der Waals surface area contributed by atoms with Gasteiger partial charge in [0.1, 0.15) is 0 Å². The van der Waals surface area contributed by atoms with E-state index in [4.69, 9.17) is 8.85 Å². The summed E-state index contributed by atoms with van der Waals surface area (Å²) in [6.07, 6.45) is 1.75. The van der Waals surface area contributed by atoms with Crippen LogP contribution in [0.4, 0.5) is 0 Å². The van der Waals surface area contributed by atoms with E-state index in [1.165, 1.54) is 0 Å². The molecule has 0 aliphatic rings. The third-order valence-electron chi connectivity index (χ3n) is 0.575. The number of hydrogen-bond acceptors (Lipinski definition) is 2. The highest BCUT2D eigenvalue weighted by atomic mass is 28.3. The highest BCUT2D eigenvalue weighted by molar-refractivity contribution is 6.17. The zero-order chi connectivity index (χ0) is 8.24. The summed E-state index contributed by atoms with van der Waals surface area (Å²) in [6, 6.07) is 0. The van der Waals surface area contributed by atoms with E-state index in [0.29, 0.717) is 0 Å². The molecule has 0 saturated carbocycles. The van der Waals surface area contributed by atoms with Gasteiger partial charge in [0, 0.05) is 13.2 Å². The van der Waals surface area contributed by atoms with Gasteiger partial charge in [-0.2, -0.15) is 0 Å². The maximum atomic E-state index is 4.99. The van der Waals surface area contributed by atoms with Crippen LogP contribution in [-0.4, -0.2) is 23.2 Å². The molecule has 0 N–H and O–H groups in total. The van der Waals surface area contributed by atoms with Crippen LogP contribution in [0.15, 0.2) is 12.7 Å². The second-order valence-electron chi connectivity index (χ2n) is 1.51. The van der Waals surface area contributed by atoms with E-state index >= 15 is 0 Å². The Hall–Kier alpha value is -0.123. The largest absolute Gasteiger partial charge is 0.399 e. The van der Waals surface area contributed by atoms with Crippen molar-refractivity contribution < 1.29 is 8.85 Å². The van der Waals surface area contributed by atoms with Gasteiger partial charge in [-0.15, -0.1) is 6.58 Å². The van der Waals surface area contributed by atoms with Crippen LogP contribution in [0.5, 0.6) is 0 Å². The molecule has 0 fully saturated rings. The first-order chi connectivity index (χ1) is 4.83. The fourth-order valence-corrected chi connectivity index (χ4v) is 0.677. The number of allylic oxidation sites excluding steroid dienone is 1. The van der Waals surface area contributed by atoms with E-state index in [1.54, 1.807) is 6.08 Å². The lowest BCUT2D eigenvalue weighted by atomic mass is 10.8. The Labute approximate surface area is 66.3 Å². The fraction of sp³-hybridized carbons (Fsp3) is 0.714. The molecule has 0 spiro atoms. The lowest BCUT2D eigenvalue weighted by Crippen LogP contribution is -2.02. The van der Waals surface area contributed by atoms with Crippen molar-refractivity contribution in [3.05, 3.63) is 12.7 Å². The Morgan fingerprint density at radius 2 is 1.60 bits per heavy atom. The zero-order valence-electron chi connectivity index (χ0n) is 7.22. The standard InChI is InChI=1S/C4H12O2Si.C3H6/c1-3-5-7-6-4-2;1-3-2/h3-4,7H2,1-2H3;3H,1H2,2H3. The molecule has 62 valence electrons. The second kappa shape index (κ2) is 15.9. The molecule has 0 aliphatic heterocycles. The highest BCUT2D eigenvalue weighted by Gasteiger charge is 1.79. The minimum absolute atomic E-state index is 0.589. The number of rotatable bonds is 4. The topological polar surface area (TPSA) is 18.5 Å². The lowest BCUT2D eigenvalue weighted by Gasteiger charge is -1.96. The van der Waals surface area contributed by atoms with Crippen molar-refractivity contribution in [1.29, 1.82) is 0 Å². The molecule has 0 aromatic carbocycles. The smallest absolute Gasteiger partial charge is 0.304 e. The highest BCUT2D eigenvalue weighted by Crippen LogP contribution is 1.70. The van der Waals surface area contributed by atoms with Crippen molar-refractivity contribution in [2.75, 3.05) is 13.2 Å². The van der Waals surface area contributed by atoms with Crippen LogP contribution in [-0.2, 0) is 8.85 Å². The van der Waals surface area contributed by atoms with E-state index in [2.05, 4.69) is 6.58 Å². The fourth-order valence-electron chi connectivity index (χ4n) is 0.226. The molecule has 10 heavy (non-hydrogen) atoms. The van der Waals surface area contributed by atoms with Gasteiger partial charge in [0.25, 0.3) is 0 Å². The maximum absolute atomic E-state index is 4.99. The molecule has 0 amide bonds. The predicted octanol–water partition coefficient (Wildman–Crippen LogP) is 1.25. The number of hydrogen-bond donors (Lipinski definition) is 0. The van der Waals surface area contributed by atoms with Crippen LogP contribution >= 0.6 is 0 Å². The van der Waals surface area contributed by atoms with Gasteiger partial charge in [-0.25, -0.2) is 0 Å². The summed E-state index contributed by atoms with van der Waals surface area (Å²) < 4.78 is 9.98. The molecule has 0 aromatic heterocycles. The molecule has 0 atom stereocenters. The van der Waals surface area contributed by atoms with Crippen LogP contribution in [0.1, 0.15) is 20.8 Å². The summed E-state index contributed by atoms with van der Waals surface area (Å²) in [5.41, 5.74) is 0. The molecule has 0 bridgehead atoms. The molecule has 0 unspecified atom stereocenters. The minimum atomic E-state index is -0.589. The Bertz CT molecular complexity index is 53.6. The minimum Gasteiger partial charge on any atom is -0.399 e. The second-order valence-corrected chi connectivity index (χ2v) is 2.56. The molecule has 0 heterocycles. The maximum Gasteiger partial charge on any atom is 0.304 e. The zero-order valence-corrected chi connectivity index (χ0v) is 8.64. The average Bonchev–Trinajstić information content (AvgIpc) is 1.91. The summed E-state index contributed by atoms with van der Waals surface area (Å²) in [4.78, 5) is 0. The van der Waals surface area contributed by atoms with Gasteiger partial charge in [-0.3, -0.25) is 0 Å². The Morgan fingerprint density at radius 1 is 1.30 bits per heavy atom. The van der Waals surface area contributed by atoms with Crippen LogP contribution in [0.2, 0.25) is 0 Å². The van der Waals surface area contributed by atoms with Gasteiger partial charge in [-0.05, 0) is 20.8 Å². The predicted molar refractivity (Wildman–Crippen MR) is 47.7 cm³/mol. The van der Waals surface area contributed by atoms with Gasteiger partial charge in [0.2, 0.25) is 0 Å². The van der Waals surface area contributed by atoms with Crippen molar-refractivity contribution >= 4 is 10.0 Å². The molecular weight excluding hydrogens is 144 g/mol. The third kappa shape index (κ3) is 24.8. The Kier molecular flexibility index (Phi) is 20.0. The van der Waals surface area contributed by atoms with E-state index in [0.717, 1.165) is 13.2 Å². The SMILES string of the molecule is C=CC.CCO[SiH2]OCC. The van der Waals surface area contributed by atoms with E-state index < -0.39 is 10.0 Å². The summed E-state index contributed by atoms with van der Waals surface area (Å²) >= 11 is 0. The first-order valence-electron chi connectivity index (χ1n) is 3.55. The molecule has 0 saturated heterocycles. The molecule has 3 heteroatoms. The van der Waals surface area contributed by atoms with Crippen LogP contribution in [0.3, 0.4) is 0 Å². The van der Waals surface area contributed by atoms with E-state index in [1.807, 2.05) is 20.8 Å². The van der Waals surface area contributed by atoms with Gasteiger partial charge >= 0.3 is 10.0 Å². The molecule has 0 aliphatic carbocycles. The average molecular weight is 162 g/mol. The van der Waals surface area contributed by atoms with Crippen LogP contribution < -0.4 is 0 Å². The van der Waals surface area contributed by atoms with Crippen LogP contribution in [0, 0.1) is 0 Å². The normalized spacial score (nSPS) is 7.90. The van der Waals surface area contributed by atoms with E-state index in [9.17, 15) is 0 Å². The monoisotopic (exact) mass is 162 g/mol. The van der Waals surface area contributed by atoms with E-state index in [-0.39, 0.29) is 0 Å². The van der Waals surface area contributed by atoms with Gasteiger partial charge in [-0.1, -0.05) is 6.08 Å². The molecule has 0 rings (SSSR count). The third-order valence-corrected chi connectivity index (χ3v) is 1.72. The Balaban J connectivity index is 0. The van der Waals surface area contributed by atoms with Crippen molar-refractivity contribution in [3.63, 3.8) is 0 Å². The summed E-state index contributed by atoms with van der Waals surface area (Å²) in [5, 5.41) is 0. The van der Waals surface area contributed by atoms with Crippen molar-refractivity contribution in [2.24, 2.45) is 0 Å². The summed E-state index contributed by atoms with van der Waals surface area (Å²) in [7, 11) is -0.589. The van der Waals surface area contributed by atoms with Gasteiger partial charge in [0.05, 0.1) is 0 Å². The van der Waals surface area contributed by atoms with Crippen molar-refractivity contribution in [3.8, 4) is 0 Å². The van der Waals surface area contributed by atoms with Crippen molar-refractivity contribution in [2.45, 2.75) is 20.8 Å². The molecular formula is C7H18O2Si.